The molecule has 5 heteroatoms. The fraction of sp³-hybridized carbons (Fsp3) is 0.250. The first-order chi connectivity index (χ1) is 10.3. The minimum absolute atomic E-state index is 0.269. The van der Waals surface area contributed by atoms with Crippen LogP contribution in [0.3, 0.4) is 0 Å². The van der Waals surface area contributed by atoms with Gasteiger partial charge in [-0.3, -0.25) is 0 Å². The monoisotopic (exact) mass is 282 g/mol. The average Bonchev–Trinajstić information content (AvgIpc) is 2.90. The number of rotatable bonds is 4. The van der Waals surface area contributed by atoms with E-state index < -0.39 is 0 Å². The highest BCUT2D eigenvalue weighted by atomic mass is 16.3. The molecule has 0 atom stereocenters. The second-order valence-electron chi connectivity index (χ2n) is 5.00. The number of hydrogen-bond acceptors (Lipinski definition) is 4. The van der Waals surface area contributed by atoms with E-state index in [1.807, 2.05) is 35.0 Å². The second-order valence-corrected chi connectivity index (χ2v) is 5.00. The van der Waals surface area contributed by atoms with Crippen LogP contribution in [-0.4, -0.2) is 20.1 Å². The van der Waals surface area contributed by atoms with Crippen molar-refractivity contribution in [2.24, 2.45) is 5.73 Å². The third kappa shape index (κ3) is 2.25. The lowest BCUT2D eigenvalue weighted by Crippen LogP contribution is -2.06. The number of fused-ring (bicyclic) bond motifs is 1. The molecule has 0 aliphatic heterocycles. The highest BCUT2D eigenvalue weighted by Crippen LogP contribution is 2.29. The van der Waals surface area contributed by atoms with Crippen molar-refractivity contribution >= 4 is 10.8 Å². The summed E-state index contributed by atoms with van der Waals surface area (Å²) in [6.45, 7) is 2.50. The fourth-order valence-corrected chi connectivity index (χ4v) is 2.63. The molecule has 3 N–H and O–H groups in total. The summed E-state index contributed by atoms with van der Waals surface area (Å²) >= 11 is 0. The largest absolute Gasteiger partial charge is 0.507 e. The van der Waals surface area contributed by atoms with Crippen LogP contribution in [-0.2, 0) is 13.0 Å². The number of hydrogen-bond donors (Lipinski definition) is 2. The van der Waals surface area contributed by atoms with E-state index >= 15 is 0 Å². The number of aromatic hydroxyl groups is 1. The number of nitrogens with two attached hydrogens (primary N) is 1. The molecule has 3 aromatic rings. The molecule has 2 aromatic carbocycles. The molecule has 5 nitrogen and oxygen atoms in total. The molecule has 0 saturated heterocycles. The van der Waals surface area contributed by atoms with Gasteiger partial charge in [0.2, 0.25) is 0 Å². The summed E-state index contributed by atoms with van der Waals surface area (Å²) < 4.78 is 1.84. The van der Waals surface area contributed by atoms with E-state index in [0.717, 1.165) is 40.7 Å². The number of aromatic nitrogens is 3. The van der Waals surface area contributed by atoms with Crippen LogP contribution in [0.5, 0.6) is 5.75 Å². The maximum absolute atomic E-state index is 10.0. The molecule has 1 heterocycles. The average molecular weight is 282 g/mol. The maximum Gasteiger partial charge on any atom is 0.123 e. The van der Waals surface area contributed by atoms with Gasteiger partial charge in [-0.15, -0.1) is 5.10 Å². The van der Waals surface area contributed by atoms with Crippen LogP contribution < -0.4 is 5.73 Å². The lowest BCUT2D eigenvalue weighted by molar-refractivity contribution is 0.481. The molecule has 0 bridgehead atoms. The van der Waals surface area contributed by atoms with Crippen LogP contribution in [0, 0.1) is 0 Å². The standard InChI is InChI=1S/C16H18N4O/c1-2-5-15-13(10-17)18-19-20(15)14-8-3-7-12-11(14)6-4-9-16(12)21/h3-4,6-9,21H,2,5,10,17H2,1H3. The molecule has 3 rings (SSSR count). The molecule has 0 aliphatic rings. The predicted molar refractivity (Wildman–Crippen MR) is 82.4 cm³/mol. The lowest BCUT2D eigenvalue weighted by atomic mass is 10.1. The second kappa shape index (κ2) is 5.54. The highest BCUT2D eigenvalue weighted by Gasteiger charge is 2.14. The molecule has 0 amide bonds. The third-order valence-corrected chi connectivity index (χ3v) is 3.63. The number of phenols is 1. The van der Waals surface area contributed by atoms with E-state index in [0.29, 0.717) is 6.54 Å². The van der Waals surface area contributed by atoms with Crippen LogP contribution in [0.25, 0.3) is 16.5 Å². The van der Waals surface area contributed by atoms with Gasteiger partial charge in [-0.2, -0.15) is 0 Å². The van der Waals surface area contributed by atoms with Gasteiger partial charge in [0.25, 0.3) is 0 Å². The Balaban J connectivity index is 2.26. The van der Waals surface area contributed by atoms with Crippen molar-refractivity contribution in [3.63, 3.8) is 0 Å². The molecule has 0 unspecified atom stereocenters. The van der Waals surface area contributed by atoms with Crippen LogP contribution in [0.1, 0.15) is 24.7 Å². The highest BCUT2D eigenvalue weighted by molar-refractivity contribution is 5.94. The van der Waals surface area contributed by atoms with Gasteiger partial charge in [0.15, 0.2) is 0 Å². The molecular formula is C16H18N4O. The molecule has 0 radical (unpaired) electrons. The molecule has 0 saturated carbocycles. The predicted octanol–water partition coefficient (Wildman–Crippen LogP) is 2.54. The van der Waals surface area contributed by atoms with Crippen molar-refractivity contribution in [1.82, 2.24) is 15.0 Å². The van der Waals surface area contributed by atoms with E-state index in [-0.39, 0.29) is 5.75 Å². The van der Waals surface area contributed by atoms with Gasteiger partial charge >= 0.3 is 0 Å². The normalized spacial score (nSPS) is 11.1. The smallest absolute Gasteiger partial charge is 0.123 e. The van der Waals surface area contributed by atoms with Gasteiger partial charge in [-0.25, -0.2) is 4.68 Å². The van der Waals surface area contributed by atoms with Crippen LogP contribution in [0.2, 0.25) is 0 Å². The van der Waals surface area contributed by atoms with Crippen molar-refractivity contribution in [2.45, 2.75) is 26.3 Å². The summed E-state index contributed by atoms with van der Waals surface area (Å²) in [6, 6.07) is 11.3. The first kappa shape index (κ1) is 13.6. The van der Waals surface area contributed by atoms with Gasteiger partial charge in [-0.1, -0.05) is 42.8 Å². The van der Waals surface area contributed by atoms with Gasteiger partial charge in [0.1, 0.15) is 5.75 Å². The third-order valence-electron chi connectivity index (χ3n) is 3.63. The Hall–Kier alpha value is -2.40. The van der Waals surface area contributed by atoms with Gasteiger partial charge in [-0.05, 0) is 18.6 Å². The summed E-state index contributed by atoms with van der Waals surface area (Å²) in [6.07, 6.45) is 1.87. The number of nitrogens with zero attached hydrogens (tertiary/aromatic N) is 3. The quantitative estimate of drug-likeness (QED) is 0.771. The van der Waals surface area contributed by atoms with Crippen molar-refractivity contribution in [3.8, 4) is 11.4 Å². The van der Waals surface area contributed by atoms with Crippen LogP contribution in [0.4, 0.5) is 0 Å². The molecule has 0 fully saturated rings. The van der Waals surface area contributed by atoms with Crippen LogP contribution >= 0.6 is 0 Å². The Bertz CT molecular complexity index is 779. The first-order valence-electron chi connectivity index (χ1n) is 7.10. The molecule has 21 heavy (non-hydrogen) atoms. The Morgan fingerprint density at radius 1 is 1.14 bits per heavy atom. The Morgan fingerprint density at radius 2 is 1.90 bits per heavy atom. The minimum Gasteiger partial charge on any atom is -0.507 e. The van der Waals surface area contributed by atoms with Gasteiger partial charge in [0, 0.05) is 17.3 Å². The summed E-state index contributed by atoms with van der Waals surface area (Å²) in [7, 11) is 0. The van der Waals surface area contributed by atoms with E-state index in [2.05, 4.69) is 17.2 Å². The summed E-state index contributed by atoms with van der Waals surface area (Å²) in [5.74, 6) is 0.269. The van der Waals surface area contributed by atoms with E-state index in [4.69, 9.17) is 5.73 Å². The van der Waals surface area contributed by atoms with Crippen molar-refractivity contribution < 1.29 is 5.11 Å². The van der Waals surface area contributed by atoms with E-state index in [1.54, 1.807) is 6.07 Å². The molecule has 0 aliphatic carbocycles. The summed E-state index contributed by atoms with van der Waals surface area (Å²) in [5, 5.41) is 20.2. The minimum atomic E-state index is 0.269. The molecule has 0 spiro atoms. The molecular weight excluding hydrogens is 264 g/mol. The fourth-order valence-electron chi connectivity index (χ4n) is 2.63. The van der Waals surface area contributed by atoms with Crippen LogP contribution in [0.15, 0.2) is 36.4 Å². The Labute approximate surface area is 123 Å². The maximum atomic E-state index is 10.0. The van der Waals surface area contributed by atoms with Crippen molar-refractivity contribution in [3.05, 3.63) is 47.8 Å². The Kier molecular flexibility index (Phi) is 3.58. The van der Waals surface area contributed by atoms with Crippen molar-refractivity contribution in [1.29, 1.82) is 0 Å². The molecule has 1 aromatic heterocycles. The zero-order valence-electron chi connectivity index (χ0n) is 12.0. The molecule has 108 valence electrons. The zero-order chi connectivity index (χ0) is 14.8. The summed E-state index contributed by atoms with van der Waals surface area (Å²) in [5.41, 5.74) is 8.53. The van der Waals surface area contributed by atoms with Gasteiger partial charge < -0.3 is 10.8 Å². The lowest BCUT2D eigenvalue weighted by Gasteiger charge is -2.10. The number of benzene rings is 2. The Morgan fingerprint density at radius 3 is 2.67 bits per heavy atom. The number of phenolic OH excluding ortho intramolecular Hbond substituents is 1. The van der Waals surface area contributed by atoms with Gasteiger partial charge in [0.05, 0.1) is 17.1 Å². The first-order valence-corrected chi connectivity index (χ1v) is 7.10. The van der Waals surface area contributed by atoms with Crippen molar-refractivity contribution in [2.75, 3.05) is 0 Å². The van der Waals surface area contributed by atoms with E-state index in [9.17, 15) is 5.11 Å². The van der Waals surface area contributed by atoms with E-state index in [1.165, 1.54) is 0 Å². The SMILES string of the molecule is CCCc1c(CN)nnn1-c1cccc2c(O)cccc12. The summed E-state index contributed by atoms with van der Waals surface area (Å²) in [4.78, 5) is 0. The zero-order valence-corrected chi connectivity index (χ0v) is 12.0. The topological polar surface area (TPSA) is 77.0 Å².